The molecule has 1 aromatic rings. The lowest BCUT2D eigenvalue weighted by Crippen LogP contribution is -2.30. The second-order valence-electron chi connectivity index (χ2n) is 5.17. The van der Waals surface area contributed by atoms with Crippen LogP contribution in [0.15, 0.2) is 12.3 Å². The first-order chi connectivity index (χ1) is 9.29. The van der Waals surface area contributed by atoms with E-state index in [2.05, 4.69) is 4.98 Å². The van der Waals surface area contributed by atoms with E-state index in [-0.39, 0.29) is 17.0 Å². The van der Waals surface area contributed by atoms with E-state index in [0.29, 0.717) is 12.4 Å². The molecule has 1 heterocycles. The van der Waals surface area contributed by atoms with Crippen molar-refractivity contribution in [3.8, 4) is 0 Å². The van der Waals surface area contributed by atoms with Gasteiger partial charge in [0.1, 0.15) is 5.82 Å². The summed E-state index contributed by atoms with van der Waals surface area (Å²) in [6.07, 6.45) is -1.38. The van der Waals surface area contributed by atoms with Crippen LogP contribution in [0.3, 0.4) is 0 Å². The van der Waals surface area contributed by atoms with Crippen molar-refractivity contribution in [1.82, 2.24) is 4.98 Å². The molecule has 2 rings (SSSR count). The predicted molar refractivity (Wildman–Crippen MR) is 70.9 cm³/mol. The maximum Gasteiger partial charge on any atom is 0.417 e. The SMILES string of the molecule is CN(C[C@@H]1CCC[C@@H]1O)c1ncc(C(F)(F)F)cc1Cl. The third-order valence-electron chi connectivity index (χ3n) is 3.64. The second-order valence-corrected chi connectivity index (χ2v) is 5.57. The van der Waals surface area contributed by atoms with Crippen molar-refractivity contribution in [2.24, 2.45) is 5.92 Å². The Labute approximate surface area is 120 Å². The standard InChI is InChI=1S/C13H16ClF3N2O/c1-19(7-8-3-2-4-11(8)20)12-10(14)5-9(6-18-12)13(15,16)17/h5-6,8,11,20H,2-4,7H2,1H3/t8-,11-/m0/s1. The number of aliphatic hydroxyl groups is 1. The third-order valence-corrected chi connectivity index (χ3v) is 3.92. The van der Waals surface area contributed by atoms with Gasteiger partial charge >= 0.3 is 6.18 Å². The Morgan fingerprint density at radius 1 is 1.45 bits per heavy atom. The normalized spacial score (nSPS) is 23.1. The van der Waals surface area contributed by atoms with E-state index in [0.717, 1.165) is 31.5 Å². The van der Waals surface area contributed by atoms with Gasteiger partial charge in [0.25, 0.3) is 0 Å². The van der Waals surface area contributed by atoms with Crippen LogP contribution in [0.4, 0.5) is 19.0 Å². The summed E-state index contributed by atoms with van der Waals surface area (Å²) in [7, 11) is 1.71. The fraction of sp³-hybridized carbons (Fsp3) is 0.615. The summed E-state index contributed by atoms with van der Waals surface area (Å²) < 4.78 is 37.6. The topological polar surface area (TPSA) is 36.4 Å². The Morgan fingerprint density at radius 2 is 2.15 bits per heavy atom. The molecule has 0 bridgehead atoms. The number of pyridine rings is 1. The lowest BCUT2D eigenvalue weighted by Gasteiger charge is -2.25. The van der Waals surface area contributed by atoms with Gasteiger partial charge in [-0.05, 0) is 18.9 Å². The number of halogens is 4. The first-order valence-electron chi connectivity index (χ1n) is 6.41. The van der Waals surface area contributed by atoms with Crippen LogP contribution >= 0.6 is 11.6 Å². The molecule has 0 aliphatic heterocycles. The predicted octanol–water partition coefficient (Wildman–Crippen LogP) is 3.35. The maximum absolute atomic E-state index is 12.5. The van der Waals surface area contributed by atoms with E-state index in [1.165, 1.54) is 0 Å². The Kier molecular flexibility index (Phi) is 4.44. The second kappa shape index (κ2) is 5.77. The number of aromatic nitrogens is 1. The zero-order valence-corrected chi connectivity index (χ0v) is 11.7. The number of nitrogens with zero attached hydrogens (tertiary/aromatic N) is 2. The summed E-state index contributed by atoms with van der Waals surface area (Å²) in [6, 6.07) is 0.880. The summed E-state index contributed by atoms with van der Waals surface area (Å²) >= 11 is 5.89. The fourth-order valence-electron chi connectivity index (χ4n) is 2.54. The summed E-state index contributed by atoms with van der Waals surface area (Å²) in [5, 5.41) is 9.74. The van der Waals surface area contributed by atoms with Crippen LogP contribution in [0.1, 0.15) is 24.8 Å². The van der Waals surface area contributed by atoms with Crippen molar-refractivity contribution in [1.29, 1.82) is 0 Å². The van der Waals surface area contributed by atoms with Crippen LogP contribution in [0, 0.1) is 5.92 Å². The number of hydrogen-bond acceptors (Lipinski definition) is 3. The van der Waals surface area contributed by atoms with Gasteiger partial charge in [-0.15, -0.1) is 0 Å². The van der Waals surface area contributed by atoms with Crippen LogP contribution in [0.25, 0.3) is 0 Å². The Hall–Kier alpha value is -1.01. The highest BCUT2D eigenvalue weighted by atomic mass is 35.5. The molecule has 3 nitrogen and oxygen atoms in total. The molecule has 1 N–H and O–H groups in total. The first-order valence-corrected chi connectivity index (χ1v) is 6.79. The zero-order valence-electron chi connectivity index (χ0n) is 11.0. The fourth-order valence-corrected chi connectivity index (χ4v) is 2.85. The number of anilines is 1. The minimum Gasteiger partial charge on any atom is -0.393 e. The monoisotopic (exact) mass is 308 g/mol. The van der Waals surface area contributed by atoms with E-state index < -0.39 is 11.7 Å². The molecule has 2 atom stereocenters. The summed E-state index contributed by atoms with van der Waals surface area (Å²) in [5.74, 6) is 0.416. The molecule has 112 valence electrons. The van der Waals surface area contributed by atoms with Crippen molar-refractivity contribution in [2.75, 3.05) is 18.5 Å². The molecular formula is C13H16ClF3N2O. The first kappa shape index (κ1) is 15.4. The van der Waals surface area contributed by atoms with Crippen molar-refractivity contribution >= 4 is 17.4 Å². The van der Waals surface area contributed by atoms with E-state index in [9.17, 15) is 18.3 Å². The van der Waals surface area contributed by atoms with Gasteiger partial charge in [0.05, 0.1) is 16.7 Å². The Bertz CT molecular complexity index is 481. The van der Waals surface area contributed by atoms with Gasteiger partial charge < -0.3 is 10.0 Å². The van der Waals surface area contributed by atoms with E-state index in [1.54, 1.807) is 11.9 Å². The molecule has 0 radical (unpaired) electrons. The third kappa shape index (κ3) is 3.35. The number of aliphatic hydroxyl groups excluding tert-OH is 1. The van der Waals surface area contributed by atoms with E-state index in [1.807, 2.05) is 0 Å². The average Bonchev–Trinajstić information content (AvgIpc) is 2.73. The molecule has 0 amide bonds. The Morgan fingerprint density at radius 3 is 2.65 bits per heavy atom. The Balaban J connectivity index is 2.12. The van der Waals surface area contributed by atoms with Gasteiger partial charge in [-0.1, -0.05) is 18.0 Å². The van der Waals surface area contributed by atoms with E-state index in [4.69, 9.17) is 11.6 Å². The minimum atomic E-state index is -4.45. The molecule has 20 heavy (non-hydrogen) atoms. The van der Waals surface area contributed by atoms with E-state index >= 15 is 0 Å². The van der Waals surface area contributed by atoms with Gasteiger partial charge in [-0.3, -0.25) is 0 Å². The van der Waals surface area contributed by atoms with Gasteiger partial charge in [0.15, 0.2) is 0 Å². The number of rotatable bonds is 3. The van der Waals surface area contributed by atoms with Crippen molar-refractivity contribution in [2.45, 2.75) is 31.5 Å². The van der Waals surface area contributed by atoms with Gasteiger partial charge in [-0.2, -0.15) is 13.2 Å². The lowest BCUT2D eigenvalue weighted by molar-refractivity contribution is -0.137. The number of hydrogen-bond donors (Lipinski definition) is 1. The molecule has 0 unspecified atom stereocenters. The van der Waals surface area contributed by atoms with Gasteiger partial charge in [0.2, 0.25) is 0 Å². The number of alkyl halides is 3. The van der Waals surface area contributed by atoms with Crippen LogP contribution in [-0.2, 0) is 6.18 Å². The molecule has 1 aromatic heterocycles. The summed E-state index contributed by atoms with van der Waals surface area (Å²) in [5.41, 5.74) is -0.861. The molecule has 1 fully saturated rings. The van der Waals surface area contributed by atoms with Crippen LogP contribution in [-0.4, -0.2) is 29.8 Å². The van der Waals surface area contributed by atoms with Crippen LogP contribution in [0.5, 0.6) is 0 Å². The summed E-state index contributed by atoms with van der Waals surface area (Å²) in [6.45, 7) is 0.527. The minimum absolute atomic E-state index is 0.0326. The van der Waals surface area contributed by atoms with Crippen molar-refractivity contribution in [3.05, 3.63) is 22.8 Å². The average molecular weight is 309 g/mol. The maximum atomic E-state index is 12.5. The molecule has 7 heteroatoms. The molecule has 1 aliphatic rings. The van der Waals surface area contributed by atoms with Crippen molar-refractivity contribution in [3.63, 3.8) is 0 Å². The van der Waals surface area contributed by atoms with Gasteiger partial charge in [-0.25, -0.2) is 4.98 Å². The molecule has 0 saturated heterocycles. The van der Waals surface area contributed by atoms with Crippen molar-refractivity contribution < 1.29 is 18.3 Å². The smallest absolute Gasteiger partial charge is 0.393 e. The molecule has 0 spiro atoms. The molecule has 1 aliphatic carbocycles. The zero-order chi connectivity index (χ0) is 14.9. The highest BCUT2D eigenvalue weighted by Gasteiger charge is 2.32. The van der Waals surface area contributed by atoms with Crippen LogP contribution in [0.2, 0.25) is 5.02 Å². The summed E-state index contributed by atoms with van der Waals surface area (Å²) in [4.78, 5) is 5.50. The molecule has 1 saturated carbocycles. The molecule has 0 aromatic carbocycles. The lowest BCUT2D eigenvalue weighted by atomic mass is 10.1. The van der Waals surface area contributed by atoms with Gasteiger partial charge in [0, 0.05) is 25.7 Å². The largest absolute Gasteiger partial charge is 0.417 e. The highest BCUT2D eigenvalue weighted by molar-refractivity contribution is 6.33. The van der Waals surface area contributed by atoms with Crippen LogP contribution < -0.4 is 4.90 Å². The molecular weight excluding hydrogens is 293 g/mol. The highest BCUT2D eigenvalue weighted by Crippen LogP contribution is 2.34. The quantitative estimate of drug-likeness (QED) is 0.930.